The molecule has 0 fully saturated rings. The third-order valence-corrected chi connectivity index (χ3v) is 3.64. The molecule has 2 rings (SSSR count). The maximum Gasteiger partial charge on any atom is 0.326 e. The molecule has 0 aliphatic carbocycles. The molecule has 0 saturated carbocycles. The first-order valence-corrected chi connectivity index (χ1v) is 6.92. The van der Waals surface area contributed by atoms with Crippen molar-refractivity contribution in [3.8, 4) is 0 Å². The number of nitrogens with one attached hydrogen (secondary N) is 1. The van der Waals surface area contributed by atoms with Crippen molar-refractivity contribution in [1.82, 2.24) is 5.32 Å². The first-order valence-electron chi connectivity index (χ1n) is 6.54. The third-order valence-electron chi connectivity index (χ3n) is 3.34. The molecule has 112 valence electrons. The number of halogens is 1. The largest absolute Gasteiger partial charge is 0.480 e. The number of carboxylic acid groups (broad SMARTS) is 1. The number of aryl methyl sites for hydroxylation is 1. The van der Waals surface area contributed by atoms with E-state index in [4.69, 9.17) is 21.1 Å². The summed E-state index contributed by atoms with van der Waals surface area (Å²) < 4.78 is 5.51. The minimum atomic E-state index is -1.08. The van der Waals surface area contributed by atoms with Crippen LogP contribution in [-0.2, 0) is 4.79 Å². The van der Waals surface area contributed by atoms with Gasteiger partial charge in [0.05, 0.1) is 5.02 Å². The molecule has 0 bridgehead atoms. The number of aliphatic carboxylic acids is 1. The fourth-order valence-corrected chi connectivity index (χ4v) is 2.36. The van der Waals surface area contributed by atoms with Gasteiger partial charge in [-0.05, 0) is 18.9 Å². The van der Waals surface area contributed by atoms with Gasteiger partial charge in [-0.2, -0.15) is 0 Å². The lowest BCUT2D eigenvalue weighted by molar-refractivity contribution is -0.140. The van der Waals surface area contributed by atoms with E-state index >= 15 is 0 Å². The van der Waals surface area contributed by atoms with E-state index in [2.05, 4.69) is 5.32 Å². The number of hydrogen-bond donors (Lipinski definition) is 2. The highest BCUT2D eigenvalue weighted by Gasteiger charge is 2.27. The number of rotatable bonds is 4. The molecule has 5 nitrogen and oxygen atoms in total. The summed E-state index contributed by atoms with van der Waals surface area (Å²) in [6.45, 7) is 5.19. The van der Waals surface area contributed by atoms with Crippen LogP contribution in [-0.4, -0.2) is 23.0 Å². The summed E-state index contributed by atoms with van der Waals surface area (Å²) in [6, 6.07) is 4.26. The quantitative estimate of drug-likeness (QED) is 0.908. The zero-order valence-corrected chi connectivity index (χ0v) is 12.7. The molecule has 1 amide bonds. The molecule has 1 aromatic heterocycles. The summed E-state index contributed by atoms with van der Waals surface area (Å²) in [5.41, 5.74) is 1.07. The molecule has 0 spiro atoms. The third kappa shape index (κ3) is 2.88. The second-order valence-corrected chi connectivity index (χ2v) is 5.61. The summed E-state index contributed by atoms with van der Waals surface area (Å²) in [6.07, 6.45) is 0. The van der Waals surface area contributed by atoms with Gasteiger partial charge in [0, 0.05) is 10.9 Å². The maximum atomic E-state index is 12.3. The van der Waals surface area contributed by atoms with Crippen molar-refractivity contribution < 1.29 is 19.1 Å². The highest BCUT2D eigenvalue weighted by Crippen LogP contribution is 2.30. The molecule has 0 unspecified atom stereocenters. The average Bonchev–Trinajstić information content (AvgIpc) is 2.74. The van der Waals surface area contributed by atoms with E-state index in [1.54, 1.807) is 39.0 Å². The lowest BCUT2D eigenvalue weighted by Crippen LogP contribution is -2.44. The first-order chi connectivity index (χ1) is 9.82. The van der Waals surface area contributed by atoms with Crippen molar-refractivity contribution in [2.45, 2.75) is 26.8 Å². The number of carboxylic acids is 1. The Balaban J connectivity index is 2.38. The number of carbonyl (C=O) groups is 2. The van der Waals surface area contributed by atoms with Crippen LogP contribution in [0.3, 0.4) is 0 Å². The lowest BCUT2D eigenvalue weighted by Gasteiger charge is -2.17. The second kappa shape index (κ2) is 5.77. The second-order valence-electron chi connectivity index (χ2n) is 5.21. The van der Waals surface area contributed by atoms with E-state index in [-0.39, 0.29) is 11.7 Å². The number of benzene rings is 1. The van der Waals surface area contributed by atoms with Crippen molar-refractivity contribution in [2.24, 2.45) is 5.92 Å². The average molecular weight is 310 g/mol. The van der Waals surface area contributed by atoms with Gasteiger partial charge >= 0.3 is 5.97 Å². The Kier molecular flexibility index (Phi) is 4.23. The topological polar surface area (TPSA) is 79.5 Å². The molecule has 0 radical (unpaired) electrons. The van der Waals surface area contributed by atoms with Gasteiger partial charge in [-0.1, -0.05) is 37.6 Å². The smallest absolute Gasteiger partial charge is 0.326 e. The summed E-state index contributed by atoms with van der Waals surface area (Å²) in [7, 11) is 0. The van der Waals surface area contributed by atoms with Crippen LogP contribution in [0.5, 0.6) is 0 Å². The Hall–Kier alpha value is -2.01. The molecule has 0 aliphatic rings. The maximum absolute atomic E-state index is 12.3. The van der Waals surface area contributed by atoms with Gasteiger partial charge in [0.15, 0.2) is 11.3 Å². The molecule has 21 heavy (non-hydrogen) atoms. The van der Waals surface area contributed by atoms with Crippen LogP contribution in [0.15, 0.2) is 22.6 Å². The minimum absolute atomic E-state index is 0.0880. The van der Waals surface area contributed by atoms with Crippen LogP contribution in [0.25, 0.3) is 11.0 Å². The Bertz CT molecular complexity index is 705. The molecule has 2 aromatic rings. The van der Waals surface area contributed by atoms with Crippen molar-refractivity contribution in [2.75, 3.05) is 0 Å². The SMILES string of the molecule is Cc1c(C(=O)N[C@H](C(=O)O)C(C)C)oc2c(Cl)cccc12. The summed E-state index contributed by atoms with van der Waals surface area (Å²) in [4.78, 5) is 23.4. The fourth-order valence-electron chi connectivity index (χ4n) is 2.15. The van der Waals surface area contributed by atoms with Gasteiger partial charge in [-0.25, -0.2) is 4.79 Å². The number of amides is 1. The van der Waals surface area contributed by atoms with Gasteiger partial charge in [-0.3, -0.25) is 4.79 Å². The number of furan rings is 1. The van der Waals surface area contributed by atoms with E-state index in [0.717, 1.165) is 5.39 Å². The van der Waals surface area contributed by atoms with Crippen LogP contribution in [0.1, 0.15) is 30.0 Å². The molecular formula is C15H16ClNO4. The monoisotopic (exact) mass is 309 g/mol. The van der Waals surface area contributed by atoms with E-state index in [9.17, 15) is 9.59 Å². The predicted octanol–water partition coefficient (Wildman–Crippen LogP) is 3.23. The van der Waals surface area contributed by atoms with E-state index in [0.29, 0.717) is 16.2 Å². The number of hydrogen-bond acceptors (Lipinski definition) is 3. The van der Waals surface area contributed by atoms with Crippen LogP contribution in [0.4, 0.5) is 0 Å². The van der Waals surface area contributed by atoms with Crippen LogP contribution < -0.4 is 5.32 Å². The highest BCUT2D eigenvalue weighted by atomic mass is 35.5. The Labute approximate surface area is 126 Å². The minimum Gasteiger partial charge on any atom is -0.480 e. The highest BCUT2D eigenvalue weighted by molar-refractivity contribution is 6.35. The summed E-state index contributed by atoms with van der Waals surface area (Å²) in [5, 5.41) is 12.8. The molecule has 2 N–H and O–H groups in total. The van der Waals surface area contributed by atoms with Gasteiger partial charge in [0.25, 0.3) is 5.91 Å². The van der Waals surface area contributed by atoms with Gasteiger partial charge < -0.3 is 14.8 Å². The number of para-hydroxylation sites is 1. The molecule has 0 aliphatic heterocycles. The van der Waals surface area contributed by atoms with E-state index in [1.165, 1.54) is 0 Å². The van der Waals surface area contributed by atoms with Crippen molar-refractivity contribution in [3.63, 3.8) is 0 Å². The number of carbonyl (C=O) groups excluding carboxylic acids is 1. The molecule has 1 heterocycles. The Morgan fingerprint density at radius 1 is 1.33 bits per heavy atom. The number of fused-ring (bicyclic) bond motifs is 1. The first kappa shape index (κ1) is 15.4. The fraction of sp³-hybridized carbons (Fsp3) is 0.333. The Morgan fingerprint density at radius 3 is 2.52 bits per heavy atom. The molecule has 1 aromatic carbocycles. The molecular weight excluding hydrogens is 294 g/mol. The van der Waals surface area contributed by atoms with Gasteiger partial charge in [0.2, 0.25) is 0 Å². The van der Waals surface area contributed by atoms with Crippen molar-refractivity contribution in [1.29, 1.82) is 0 Å². The van der Waals surface area contributed by atoms with Crippen molar-refractivity contribution in [3.05, 3.63) is 34.5 Å². The molecule has 0 saturated heterocycles. The van der Waals surface area contributed by atoms with E-state index in [1.807, 2.05) is 0 Å². The lowest BCUT2D eigenvalue weighted by atomic mass is 10.0. The van der Waals surface area contributed by atoms with Crippen LogP contribution >= 0.6 is 11.6 Å². The van der Waals surface area contributed by atoms with Gasteiger partial charge in [0.1, 0.15) is 6.04 Å². The van der Waals surface area contributed by atoms with E-state index < -0.39 is 17.9 Å². The van der Waals surface area contributed by atoms with Crippen LogP contribution in [0, 0.1) is 12.8 Å². The van der Waals surface area contributed by atoms with Crippen LogP contribution in [0.2, 0.25) is 5.02 Å². The zero-order valence-electron chi connectivity index (χ0n) is 11.9. The van der Waals surface area contributed by atoms with Crippen molar-refractivity contribution >= 4 is 34.4 Å². The summed E-state index contributed by atoms with van der Waals surface area (Å²) >= 11 is 6.03. The predicted molar refractivity (Wildman–Crippen MR) is 79.7 cm³/mol. The zero-order chi connectivity index (χ0) is 15.7. The Morgan fingerprint density at radius 2 is 2.00 bits per heavy atom. The van der Waals surface area contributed by atoms with Gasteiger partial charge in [-0.15, -0.1) is 0 Å². The molecule has 6 heteroatoms. The normalized spacial score (nSPS) is 12.6. The molecule has 1 atom stereocenters. The summed E-state index contributed by atoms with van der Waals surface area (Å²) in [5.74, 6) is -1.78. The standard InChI is InChI=1S/C15H16ClNO4/c1-7(2)11(15(19)20)17-14(18)12-8(3)9-5-4-6-10(16)13(9)21-12/h4-7,11H,1-3H3,(H,17,18)(H,19,20)/t11-/m0/s1.